The highest BCUT2D eigenvalue weighted by Gasteiger charge is 2.20. The molecule has 0 aromatic heterocycles. The quantitative estimate of drug-likeness (QED) is 0.659. The topological polar surface area (TPSA) is 35.6 Å². The van der Waals surface area contributed by atoms with E-state index in [2.05, 4.69) is 15.1 Å². The van der Waals surface area contributed by atoms with Gasteiger partial charge in [-0.1, -0.05) is 59.6 Å². The third-order valence-corrected chi connectivity index (χ3v) is 5.81. The number of nitrogens with zero attached hydrogens (tertiary/aromatic N) is 2. The van der Waals surface area contributed by atoms with Crippen LogP contribution in [0.5, 0.6) is 0 Å². The van der Waals surface area contributed by atoms with Crippen LogP contribution in [-0.2, 0) is 4.79 Å². The summed E-state index contributed by atoms with van der Waals surface area (Å²) in [5.74, 6) is 0.0133. The maximum Gasteiger partial charge on any atom is 0.238 e. The molecule has 1 amide bonds. The molecule has 3 aromatic rings. The monoisotopic (exact) mass is 413 g/mol. The number of carbonyl (C=O) groups is 1. The lowest BCUT2D eigenvalue weighted by atomic mass is 10.1. The van der Waals surface area contributed by atoms with Crippen LogP contribution >= 0.6 is 23.2 Å². The second-order valence-corrected chi connectivity index (χ2v) is 7.75. The zero-order valence-corrected chi connectivity index (χ0v) is 16.9. The van der Waals surface area contributed by atoms with Crippen LogP contribution in [0, 0.1) is 0 Å². The van der Waals surface area contributed by atoms with Crippen LogP contribution in [-0.4, -0.2) is 43.5 Å². The molecule has 0 radical (unpaired) electrons. The minimum absolute atomic E-state index is 0.0133. The van der Waals surface area contributed by atoms with E-state index >= 15 is 0 Å². The average Bonchev–Trinajstić information content (AvgIpc) is 2.71. The molecule has 0 bridgehead atoms. The molecule has 6 heteroatoms. The van der Waals surface area contributed by atoms with Crippen LogP contribution < -0.4 is 10.2 Å². The third-order valence-electron chi connectivity index (χ3n) is 5.07. The molecule has 0 aliphatic carbocycles. The van der Waals surface area contributed by atoms with E-state index in [1.54, 1.807) is 0 Å². The standard InChI is InChI=1S/C22H21Cl2N3O/c23-19-9-8-17(14-20(19)24)27-12-10-26(11-13-27)15-22(28)25-21-7-3-5-16-4-1-2-6-18(16)21/h1-9,14H,10-13,15H2,(H,25,28). The number of rotatable bonds is 4. The number of hydrogen-bond acceptors (Lipinski definition) is 3. The van der Waals surface area contributed by atoms with E-state index in [9.17, 15) is 4.79 Å². The lowest BCUT2D eigenvalue weighted by molar-refractivity contribution is -0.117. The molecule has 3 aromatic carbocycles. The normalized spacial score (nSPS) is 15.0. The minimum Gasteiger partial charge on any atom is -0.369 e. The zero-order chi connectivity index (χ0) is 19.5. The molecule has 4 nitrogen and oxygen atoms in total. The number of nitrogens with one attached hydrogen (secondary N) is 1. The second-order valence-electron chi connectivity index (χ2n) is 6.94. The van der Waals surface area contributed by atoms with Gasteiger partial charge in [0.15, 0.2) is 0 Å². The van der Waals surface area contributed by atoms with Gasteiger partial charge in [-0.05, 0) is 29.7 Å². The predicted molar refractivity (Wildman–Crippen MR) is 118 cm³/mol. The Balaban J connectivity index is 1.34. The summed E-state index contributed by atoms with van der Waals surface area (Å²) in [5, 5.41) is 6.37. The fourth-order valence-electron chi connectivity index (χ4n) is 3.57. The van der Waals surface area contributed by atoms with E-state index in [0.717, 1.165) is 48.3 Å². The third kappa shape index (κ3) is 4.25. The van der Waals surface area contributed by atoms with Gasteiger partial charge in [-0.15, -0.1) is 0 Å². The van der Waals surface area contributed by atoms with E-state index < -0.39 is 0 Å². The lowest BCUT2D eigenvalue weighted by Gasteiger charge is -2.35. The Morgan fingerprint density at radius 2 is 1.64 bits per heavy atom. The van der Waals surface area contributed by atoms with Gasteiger partial charge < -0.3 is 10.2 Å². The Morgan fingerprint density at radius 3 is 2.43 bits per heavy atom. The van der Waals surface area contributed by atoms with Crippen molar-refractivity contribution in [3.63, 3.8) is 0 Å². The zero-order valence-electron chi connectivity index (χ0n) is 15.4. The molecule has 0 unspecified atom stereocenters. The first-order valence-corrected chi connectivity index (χ1v) is 10.1. The van der Waals surface area contributed by atoms with Gasteiger partial charge in [0.1, 0.15) is 0 Å². The van der Waals surface area contributed by atoms with Crippen molar-refractivity contribution in [2.75, 3.05) is 42.9 Å². The van der Waals surface area contributed by atoms with Crippen molar-refractivity contribution in [1.29, 1.82) is 0 Å². The number of fused-ring (bicyclic) bond motifs is 1. The van der Waals surface area contributed by atoms with E-state index in [1.165, 1.54) is 0 Å². The molecule has 1 fully saturated rings. The van der Waals surface area contributed by atoms with Gasteiger partial charge in [-0.2, -0.15) is 0 Å². The summed E-state index contributed by atoms with van der Waals surface area (Å²) in [6, 6.07) is 19.7. The first kappa shape index (κ1) is 19.1. The summed E-state index contributed by atoms with van der Waals surface area (Å²) < 4.78 is 0. The van der Waals surface area contributed by atoms with E-state index in [1.807, 2.05) is 60.7 Å². The van der Waals surface area contributed by atoms with E-state index in [4.69, 9.17) is 23.2 Å². The number of piperazine rings is 1. The Labute approximate surface area is 174 Å². The molecule has 4 rings (SSSR count). The summed E-state index contributed by atoms with van der Waals surface area (Å²) >= 11 is 12.1. The molecule has 1 N–H and O–H groups in total. The summed E-state index contributed by atoms with van der Waals surface area (Å²) in [7, 11) is 0. The first-order chi connectivity index (χ1) is 13.6. The molecule has 1 heterocycles. The fraction of sp³-hybridized carbons (Fsp3) is 0.227. The highest BCUT2D eigenvalue weighted by Crippen LogP contribution is 2.28. The van der Waals surface area contributed by atoms with Gasteiger partial charge >= 0.3 is 0 Å². The van der Waals surface area contributed by atoms with E-state index in [0.29, 0.717) is 16.6 Å². The fourth-order valence-corrected chi connectivity index (χ4v) is 3.87. The lowest BCUT2D eigenvalue weighted by Crippen LogP contribution is -2.48. The van der Waals surface area contributed by atoms with Gasteiger partial charge in [-0.25, -0.2) is 0 Å². The van der Waals surface area contributed by atoms with Crippen molar-refractivity contribution in [3.8, 4) is 0 Å². The highest BCUT2D eigenvalue weighted by atomic mass is 35.5. The van der Waals surface area contributed by atoms with Gasteiger partial charge in [0.25, 0.3) is 0 Å². The van der Waals surface area contributed by atoms with Crippen LogP contribution in [0.2, 0.25) is 10.0 Å². The number of halogens is 2. The van der Waals surface area contributed by atoms with Gasteiger partial charge in [0.2, 0.25) is 5.91 Å². The molecule has 1 aliphatic heterocycles. The van der Waals surface area contributed by atoms with Crippen LogP contribution in [0.1, 0.15) is 0 Å². The maximum absolute atomic E-state index is 12.6. The van der Waals surface area contributed by atoms with Crippen molar-refractivity contribution < 1.29 is 4.79 Å². The number of benzene rings is 3. The summed E-state index contributed by atoms with van der Waals surface area (Å²) in [6.07, 6.45) is 0. The van der Waals surface area contributed by atoms with Gasteiger partial charge in [0.05, 0.1) is 16.6 Å². The summed E-state index contributed by atoms with van der Waals surface area (Å²) in [6.45, 7) is 3.73. The SMILES string of the molecule is O=C(CN1CCN(c2ccc(Cl)c(Cl)c2)CC1)Nc1cccc2ccccc12. The van der Waals surface area contributed by atoms with Crippen molar-refractivity contribution in [3.05, 3.63) is 70.7 Å². The van der Waals surface area contributed by atoms with Crippen molar-refractivity contribution in [2.45, 2.75) is 0 Å². The van der Waals surface area contributed by atoms with Crippen molar-refractivity contribution in [2.24, 2.45) is 0 Å². The molecule has 144 valence electrons. The Bertz CT molecular complexity index is 995. The Morgan fingerprint density at radius 1 is 0.893 bits per heavy atom. The van der Waals surface area contributed by atoms with Crippen LogP contribution in [0.25, 0.3) is 10.8 Å². The van der Waals surface area contributed by atoms with Gasteiger partial charge in [-0.3, -0.25) is 9.69 Å². The minimum atomic E-state index is 0.0133. The van der Waals surface area contributed by atoms with Gasteiger partial charge in [0, 0.05) is 42.9 Å². The largest absolute Gasteiger partial charge is 0.369 e. The predicted octanol–water partition coefficient (Wildman–Crippen LogP) is 4.91. The maximum atomic E-state index is 12.6. The van der Waals surface area contributed by atoms with Crippen molar-refractivity contribution in [1.82, 2.24) is 4.90 Å². The second kappa shape index (κ2) is 8.39. The van der Waals surface area contributed by atoms with E-state index in [-0.39, 0.29) is 5.91 Å². The molecule has 0 saturated carbocycles. The molecular weight excluding hydrogens is 393 g/mol. The summed E-state index contributed by atoms with van der Waals surface area (Å²) in [4.78, 5) is 17.0. The van der Waals surface area contributed by atoms with Crippen LogP contribution in [0.3, 0.4) is 0 Å². The van der Waals surface area contributed by atoms with Crippen LogP contribution in [0.15, 0.2) is 60.7 Å². The number of amides is 1. The number of hydrogen-bond donors (Lipinski definition) is 1. The van der Waals surface area contributed by atoms with Crippen LogP contribution in [0.4, 0.5) is 11.4 Å². The molecule has 0 atom stereocenters. The average molecular weight is 414 g/mol. The number of anilines is 2. The molecule has 1 aliphatic rings. The first-order valence-electron chi connectivity index (χ1n) is 9.30. The Hall–Kier alpha value is -2.27. The molecule has 0 spiro atoms. The smallest absolute Gasteiger partial charge is 0.238 e. The molecule has 28 heavy (non-hydrogen) atoms. The highest BCUT2D eigenvalue weighted by molar-refractivity contribution is 6.42. The summed E-state index contributed by atoms with van der Waals surface area (Å²) in [5.41, 5.74) is 1.92. The molecule has 1 saturated heterocycles. The number of carbonyl (C=O) groups excluding carboxylic acids is 1. The van der Waals surface area contributed by atoms with Crippen molar-refractivity contribution >= 4 is 51.3 Å². The Kier molecular flexibility index (Phi) is 5.72. The molecular formula is C22H21Cl2N3O.